The molecule has 0 aliphatic carbocycles. The van der Waals surface area contributed by atoms with E-state index in [9.17, 15) is 4.79 Å². The van der Waals surface area contributed by atoms with Gasteiger partial charge in [0.05, 0.1) is 6.20 Å². The lowest BCUT2D eigenvalue weighted by Gasteiger charge is -2.15. The Labute approximate surface area is 138 Å². The number of hydrogen-bond donors (Lipinski definition) is 1. The zero-order chi connectivity index (χ0) is 17.1. The van der Waals surface area contributed by atoms with E-state index >= 15 is 0 Å². The normalized spacial score (nSPS) is 11.8. The van der Waals surface area contributed by atoms with Crippen LogP contribution < -0.4 is 5.32 Å². The van der Waals surface area contributed by atoms with E-state index in [0.717, 1.165) is 22.8 Å². The highest BCUT2D eigenvalue weighted by Gasteiger charge is 2.14. The average Bonchev–Trinajstić information content (AvgIpc) is 3.00. The highest BCUT2D eigenvalue weighted by Crippen LogP contribution is 2.23. The van der Waals surface area contributed by atoms with Crippen molar-refractivity contribution in [2.24, 2.45) is 0 Å². The minimum absolute atomic E-state index is 0.0722. The van der Waals surface area contributed by atoms with Crippen molar-refractivity contribution < 1.29 is 4.79 Å². The van der Waals surface area contributed by atoms with Gasteiger partial charge in [0.1, 0.15) is 5.82 Å². The molecule has 1 N–H and O–H groups in total. The van der Waals surface area contributed by atoms with Gasteiger partial charge in [0.25, 0.3) is 0 Å². The second kappa shape index (κ2) is 6.86. The lowest BCUT2D eigenvalue weighted by Crippen LogP contribution is -2.28. The molecular weight excluding hydrogens is 288 g/mol. The van der Waals surface area contributed by atoms with Gasteiger partial charge in [-0.05, 0) is 59.2 Å². The van der Waals surface area contributed by atoms with Crippen molar-refractivity contribution in [3.63, 3.8) is 0 Å². The van der Waals surface area contributed by atoms with Crippen LogP contribution in [0.5, 0.6) is 0 Å². The van der Waals surface area contributed by atoms with Crippen LogP contribution in [0.15, 0.2) is 24.4 Å². The Balaban J connectivity index is 2.35. The standard InChI is InChI=1S/C18H26N4O/c1-12(2)20-17(23)8-7-16-11-14(5)21(15(16)6)18-9-10-19-22(18)13(3)4/h7-13H,1-6H3,(H,20,23)/b8-7+. The van der Waals surface area contributed by atoms with Crippen LogP contribution in [0.3, 0.4) is 0 Å². The Hall–Kier alpha value is -2.30. The molecule has 5 heteroatoms. The van der Waals surface area contributed by atoms with Crippen LogP contribution in [0.1, 0.15) is 50.7 Å². The number of aromatic nitrogens is 3. The minimum atomic E-state index is -0.0722. The van der Waals surface area contributed by atoms with E-state index in [1.807, 2.05) is 36.9 Å². The summed E-state index contributed by atoms with van der Waals surface area (Å²) in [5, 5.41) is 7.26. The number of nitrogens with one attached hydrogen (secondary N) is 1. The van der Waals surface area contributed by atoms with Gasteiger partial charge in [-0.25, -0.2) is 4.68 Å². The summed E-state index contributed by atoms with van der Waals surface area (Å²) in [5.74, 6) is 0.971. The third-order valence-electron chi connectivity index (χ3n) is 3.68. The molecule has 0 saturated carbocycles. The number of amides is 1. The number of nitrogens with zero attached hydrogens (tertiary/aromatic N) is 3. The molecule has 0 atom stereocenters. The Morgan fingerprint density at radius 3 is 2.57 bits per heavy atom. The first-order valence-corrected chi connectivity index (χ1v) is 8.02. The van der Waals surface area contributed by atoms with Crippen LogP contribution in [0, 0.1) is 13.8 Å². The van der Waals surface area contributed by atoms with Crippen LogP contribution in [-0.2, 0) is 4.79 Å². The molecule has 2 aromatic heterocycles. The molecule has 0 saturated heterocycles. The molecule has 0 radical (unpaired) electrons. The van der Waals surface area contributed by atoms with Crippen molar-refractivity contribution in [1.29, 1.82) is 0 Å². The van der Waals surface area contributed by atoms with Crippen LogP contribution in [0.4, 0.5) is 0 Å². The fourth-order valence-corrected chi connectivity index (χ4v) is 2.69. The average molecular weight is 314 g/mol. The molecule has 2 rings (SSSR count). The first-order chi connectivity index (χ1) is 10.8. The van der Waals surface area contributed by atoms with Crippen molar-refractivity contribution in [3.05, 3.63) is 41.4 Å². The number of rotatable bonds is 5. The van der Waals surface area contributed by atoms with Gasteiger partial charge in [-0.15, -0.1) is 0 Å². The van der Waals surface area contributed by atoms with E-state index in [2.05, 4.69) is 48.7 Å². The van der Waals surface area contributed by atoms with Gasteiger partial charge >= 0.3 is 0 Å². The summed E-state index contributed by atoms with van der Waals surface area (Å²) in [5.41, 5.74) is 3.25. The lowest BCUT2D eigenvalue weighted by molar-refractivity contribution is -0.116. The topological polar surface area (TPSA) is 51.9 Å². The van der Waals surface area contributed by atoms with Crippen molar-refractivity contribution >= 4 is 12.0 Å². The Kier molecular flexibility index (Phi) is 5.08. The van der Waals surface area contributed by atoms with E-state index in [-0.39, 0.29) is 18.0 Å². The number of carbonyl (C=O) groups is 1. The molecule has 124 valence electrons. The molecule has 0 spiro atoms. The first kappa shape index (κ1) is 17.1. The van der Waals surface area contributed by atoms with Crippen LogP contribution in [0.2, 0.25) is 0 Å². The second-order valence-corrected chi connectivity index (χ2v) is 6.39. The predicted octanol–water partition coefficient (Wildman–Crippen LogP) is 3.41. The highest BCUT2D eigenvalue weighted by molar-refractivity contribution is 5.92. The zero-order valence-electron chi connectivity index (χ0n) is 14.8. The Morgan fingerprint density at radius 1 is 1.26 bits per heavy atom. The van der Waals surface area contributed by atoms with Crippen molar-refractivity contribution in [2.75, 3.05) is 0 Å². The van der Waals surface area contributed by atoms with Gasteiger partial charge in [0.15, 0.2) is 0 Å². The summed E-state index contributed by atoms with van der Waals surface area (Å²) >= 11 is 0. The fourth-order valence-electron chi connectivity index (χ4n) is 2.69. The van der Waals surface area contributed by atoms with Gasteiger partial charge in [0, 0.05) is 35.6 Å². The summed E-state index contributed by atoms with van der Waals surface area (Å²) in [7, 11) is 0. The van der Waals surface area contributed by atoms with Gasteiger partial charge in [-0.1, -0.05) is 0 Å². The second-order valence-electron chi connectivity index (χ2n) is 6.39. The molecular formula is C18H26N4O. The molecule has 0 bridgehead atoms. The fraction of sp³-hybridized carbons (Fsp3) is 0.444. The maximum atomic E-state index is 11.8. The molecule has 0 aliphatic heterocycles. The largest absolute Gasteiger partial charge is 0.350 e. The predicted molar refractivity (Wildman–Crippen MR) is 93.7 cm³/mol. The van der Waals surface area contributed by atoms with E-state index in [1.54, 1.807) is 6.08 Å². The maximum absolute atomic E-state index is 11.8. The van der Waals surface area contributed by atoms with E-state index < -0.39 is 0 Å². The zero-order valence-corrected chi connectivity index (χ0v) is 14.8. The van der Waals surface area contributed by atoms with Crippen LogP contribution in [0.25, 0.3) is 11.9 Å². The van der Waals surface area contributed by atoms with Gasteiger partial charge < -0.3 is 9.88 Å². The lowest BCUT2D eigenvalue weighted by atomic mass is 10.2. The summed E-state index contributed by atoms with van der Waals surface area (Å²) in [6.07, 6.45) is 5.28. The third kappa shape index (κ3) is 3.73. The highest BCUT2D eigenvalue weighted by atomic mass is 16.1. The molecule has 5 nitrogen and oxygen atoms in total. The summed E-state index contributed by atoms with van der Waals surface area (Å²) < 4.78 is 4.17. The van der Waals surface area contributed by atoms with Crippen molar-refractivity contribution in [1.82, 2.24) is 19.7 Å². The summed E-state index contributed by atoms with van der Waals surface area (Å²) in [6.45, 7) is 12.2. The number of aryl methyl sites for hydroxylation is 1. The number of carbonyl (C=O) groups excluding carboxylic acids is 1. The first-order valence-electron chi connectivity index (χ1n) is 8.02. The van der Waals surface area contributed by atoms with Crippen molar-refractivity contribution in [3.8, 4) is 5.82 Å². The Bertz CT molecular complexity index is 719. The van der Waals surface area contributed by atoms with Crippen LogP contribution in [-0.4, -0.2) is 26.3 Å². The molecule has 0 aromatic carbocycles. The van der Waals surface area contributed by atoms with Gasteiger partial charge in [-0.2, -0.15) is 5.10 Å². The molecule has 0 aliphatic rings. The van der Waals surface area contributed by atoms with E-state index in [4.69, 9.17) is 0 Å². The molecule has 0 unspecified atom stereocenters. The summed E-state index contributed by atoms with van der Waals surface area (Å²) in [6, 6.07) is 4.53. The van der Waals surface area contributed by atoms with Crippen molar-refractivity contribution in [2.45, 2.75) is 53.6 Å². The third-order valence-corrected chi connectivity index (χ3v) is 3.68. The van der Waals surface area contributed by atoms with E-state index in [0.29, 0.717) is 0 Å². The molecule has 2 heterocycles. The monoisotopic (exact) mass is 314 g/mol. The molecule has 0 fully saturated rings. The minimum Gasteiger partial charge on any atom is -0.350 e. The SMILES string of the molecule is Cc1cc(/C=C/C(=O)NC(C)C)c(C)n1-c1ccnn1C(C)C. The van der Waals surface area contributed by atoms with Gasteiger partial charge in [-0.3, -0.25) is 4.79 Å². The Morgan fingerprint density at radius 2 is 1.96 bits per heavy atom. The van der Waals surface area contributed by atoms with E-state index in [1.165, 1.54) is 0 Å². The van der Waals surface area contributed by atoms with Gasteiger partial charge in [0.2, 0.25) is 5.91 Å². The molecule has 1 amide bonds. The smallest absolute Gasteiger partial charge is 0.244 e. The summed E-state index contributed by atoms with van der Waals surface area (Å²) in [4.78, 5) is 11.8. The number of hydrogen-bond acceptors (Lipinski definition) is 2. The quantitative estimate of drug-likeness (QED) is 0.860. The van der Waals surface area contributed by atoms with Crippen LogP contribution >= 0.6 is 0 Å². The molecule has 2 aromatic rings. The molecule has 23 heavy (non-hydrogen) atoms. The maximum Gasteiger partial charge on any atom is 0.244 e.